The van der Waals surface area contributed by atoms with Gasteiger partial charge in [-0.2, -0.15) is 13.2 Å². The Morgan fingerprint density at radius 2 is 1.83 bits per heavy atom. The first-order chi connectivity index (χ1) is 16.3. The number of likely N-dealkylation sites (tertiary alicyclic amines) is 1. The van der Waals surface area contributed by atoms with Gasteiger partial charge < -0.3 is 26.0 Å². The average molecular weight is 504 g/mol. The van der Waals surface area contributed by atoms with Gasteiger partial charge in [0.2, 0.25) is 17.7 Å². The quantitative estimate of drug-likeness (QED) is 0.416. The van der Waals surface area contributed by atoms with E-state index in [2.05, 4.69) is 20.9 Å². The molecule has 1 aliphatic heterocycles. The minimum Gasteiger partial charge on any atom is -0.475 e. The van der Waals surface area contributed by atoms with Gasteiger partial charge in [-0.15, -0.1) is 0 Å². The highest BCUT2D eigenvalue weighted by molar-refractivity contribution is 5.93. The molecule has 1 aromatic heterocycles. The number of halogens is 3. The third-order valence-electron chi connectivity index (χ3n) is 5.31. The van der Waals surface area contributed by atoms with Crippen molar-refractivity contribution in [1.82, 2.24) is 25.8 Å². The molecule has 3 atom stereocenters. The van der Waals surface area contributed by atoms with Crippen LogP contribution < -0.4 is 16.0 Å². The number of pyridine rings is 1. The highest BCUT2D eigenvalue weighted by Crippen LogP contribution is 2.20. The van der Waals surface area contributed by atoms with E-state index in [0.717, 1.165) is 12.1 Å². The zero-order valence-corrected chi connectivity index (χ0v) is 20.1. The summed E-state index contributed by atoms with van der Waals surface area (Å²) in [5.74, 6) is -3.47. The van der Waals surface area contributed by atoms with Crippen LogP contribution in [0.4, 0.5) is 13.2 Å². The number of likely N-dealkylation sites (N-methyl/N-ethyl adjacent to an activating group) is 1. The second-order valence-corrected chi connectivity index (χ2v) is 8.27. The van der Waals surface area contributed by atoms with Crippen molar-refractivity contribution in [2.24, 2.45) is 5.92 Å². The lowest BCUT2D eigenvalue weighted by molar-refractivity contribution is -0.192. The fourth-order valence-corrected chi connectivity index (χ4v) is 3.20. The summed E-state index contributed by atoms with van der Waals surface area (Å²) in [5, 5.41) is 15.7. The first-order valence-corrected chi connectivity index (χ1v) is 11.0. The highest BCUT2D eigenvalue weighted by Gasteiger charge is 2.39. The Morgan fingerprint density at radius 1 is 1.20 bits per heavy atom. The fourth-order valence-electron chi connectivity index (χ4n) is 3.20. The SMILES string of the molecule is CN[C@@H](C)C(=O)N[C@H](C(=O)N1CCC[C@H]1C(=O)NCc1ccccn1)C(C)C.O=C(O)C(F)(F)F. The summed E-state index contributed by atoms with van der Waals surface area (Å²) in [5.41, 5.74) is 0.764. The van der Waals surface area contributed by atoms with E-state index in [1.165, 1.54) is 0 Å². The molecule has 10 nitrogen and oxygen atoms in total. The predicted octanol–water partition coefficient (Wildman–Crippen LogP) is 1.07. The van der Waals surface area contributed by atoms with Gasteiger partial charge in [0.1, 0.15) is 12.1 Å². The summed E-state index contributed by atoms with van der Waals surface area (Å²) >= 11 is 0. The van der Waals surface area contributed by atoms with Gasteiger partial charge in [-0.25, -0.2) is 4.79 Å². The Labute approximate surface area is 201 Å². The van der Waals surface area contributed by atoms with E-state index in [4.69, 9.17) is 9.90 Å². The monoisotopic (exact) mass is 503 g/mol. The molecule has 0 unspecified atom stereocenters. The number of hydrogen-bond donors (Lipinski definition) is 4. The number of carbonyl (C=O) groups is 4. The topological polar surface area (TPSA) is 141 Å². The van der Waals surface area contributed by atoms with Crippen molar-refractivity contribution in [1.29, 1.82) is 0 Å². The number of nitrogens with one attached hydrogen (secondary N) is 3. The molecular formula is C22H32F3N5O5. The maximum atomic E-state index is 13.1. The van der Waals surface area contributed by atoms with Crippen LogP contribution in [0.1, 0.15) is 39.3 Å². The Bertz CT molecular complexity index is 867. The van der Waals surface area contributed by atoms with E-state index in [1.807, 2.05) is 32.0 Å². The Balaban J connectivity index is 0.000000762. The molecule has 1 fully saturated rings. The fraction of sp³-hybridized carbons (Fsp3) is 0.591. The van der Waals surface area contributed by atoms with Gasteiger partial charge in [0.15, 0.2) is 0 Å². The minimum absolute atomic E-state index is 0.0849. The number of alkyl halides is 3. The lowest BCUT2D eigenvalue weighted by Gasteiger charge is -2.31. The van der Waals surface area contributed by atoms with Gasteiger partial charge in [0, 0.05) is 12.7 Å². The minimum atomic E-state index is -5.08. The van der Waals surface area contributed by atoms with E-state index in [9.17, 15) is 27.6 Å². The van der Waals surface area contributed by atoms with Crippen LogP contribution in [0, 0.1) is 5.92 Å². The third kappa shape index (κ3) is 9.51. The molecular weight excluding hydrogens is 471 g/mol. The molecule has 0 spiro atoms. The highest BCUT2D eigenvalue weighted by atomic mass is 19.4. The van der Waals surface area contributed by atoms with Gasteiger partial charge in [-0.3, -0.25) is 19.4 Å². The van der Waals surface area contributed by atoms with E-state index in [-0.39, 0.29) is 23.6 Å². The van der Waals surface area contributed by atoms with Gasteiger partial charge in [-0.05, 0) is 44.9 Å². The van der Waals surface area contributed by atoms with Crippen molar-refractivity contribution >= 4 is 23.7 Å². The molecule has 1 aliphatic rings. The van der Waals surface area contributed by atoms with Crippen LogP contribution in [0.15, 0.2) is 24.4 Å². The molecule has 3 amide bonds. The Kier molecular flexibility index (Phi) is 11.6. The second kappa shape index (κ2) is 13.6. The lowest BCUT2D eigenvalue weighted by atomic mass is 10.0. The maximum absolute atomic E-state index is 13.1. The summed E-state index contributed by atoms with van der Waals surface area (Å²) in [7, 11) is 1.69. The van der Waals surface area contributed by atoms with Gasteiger partial charge >= 0.3 is 12.1 Å². The molecule has 35 heavy (non-hydrogen) atoms. The van der Waals surface area contributed by atoms with E-state index in [1.54, 1.807) is 25.1 Å². The Hall–Kier alpha value is -3.22. The van der Waals surface area contributed by atoms with E-state index < -0.39 is 30.3 Å². The van der Waals surface area contributed by atoms with Crippen LogP contribution in [0.2, 0.25) is 0 Å². The van der Waals surface area contributed by atoms with Crippen molar-refractivity contribution in [2.45, 2.75) is 64.5 Å². The van der Waals surface area contributed by atoms with Gasteiger partial charge in [-0.1, -0.05) is 19.9 Å². The molecule has 13 heteroatoms. The van der Waals surface area contributed by atoms with Crippen LogP contribution in [0.5, 0.6) is 0 Å². The largest absolute Gasteiger partial charge is 0.490 e. The average Bonchev–Trinajstić information content (AvgIpc) is 3.30. The number of carboxylic acids is 1. The smallest absolute Gasteiger partial charge is 0.475 e. The van der Waals surface area contributed by atoms with Crippen LogP contribution >= 0.6 is 0 Å². The van der Waals surface area contributed by atoms with E-state index >= 15 is 0 Å². The van der Waals surface area contributed by atoms with Crippen LogP contribution in [0.25, 0.3) is 0 Å². The molecule has 0 aliphatic carbocycles. The molecule has 0 radical (unpaired) electrons. The summed E-state index contributed by atoms with van der Waals surface area (Å²) in [4.78, 5) is 52.7. The molecule has 1 saturated heterocycles. The van der Waals surface area contributed by atoms with Crippen molar-refractivity contribution in [3.63, 3.8) is 0 Å². The summed E-state index contributed by atoms with van der Waals surface area (Å²) in [6, 6.07) is 3.94. The molecule has 4 N–H and O–H groups in total. The number of nitrogens with zero attached hydrogens (tertiary/aromatic N) is 2. The zero-order chi connectivity index (χ0) is 26.8. The van der Waals surface area contributed by atoms with Crippen LogP contribution in [0.3, 0.4) is 0 Å². The first-order valence-electron chi connectivity index (χ1n) is 11.0. The number of rotatable bonds is 8. The number of aliphatic carboxylic acids is 1. The van der Waals surface area contributed by atoms with Crippen LogP contribution in [-0.2, 0) is 25.7 Å². The molecule has 2 rings (SSSR count). The Morgan fingerprint density at radius 3 is 2.31 bits per heavy atom. The van der Waals surface area contributed by atoms with Crippen LogP contribution in [-0.4, -0.2) is 76.6 Å². The van der Waals surface area contributed by atoms with Crippen molar-refractivity contribution in [3.8, 4) is 0 Å². The van der Waals surface area contributed by atoms with Crippen molar-refractivity contribution in [3.05, 3.63) is 30.1 Å². The van der Waals surface area contributed by atoms with Crippen molar-refractivity contribution in [2.75, 3.05) is 13.6 Å². The molecule has 2 heterocycles. The van der Waals surface area contributed by atoms with Crippen molar-refractivity contribution < 1.29 is 37.5 Å². The normalized spacial score (nSPS) is 17.1. The summed E-state index contributed by atoms with van der Waals surface area (Å²) < 4.78 is 31.7. The molecule has 0 aromatic carbocycles. The summed E-state index contributed by atoms with van der Waals surface area (Å²) in [6.07, 6.45) is -2.03. The number of carbonyl (C=O) groups excluding carboxylic acids is 3. The number of aromatic nitrogens is 1. The van der Waals surface area contributed by atoms with E-state index in [0.29, 0.717) is 19.5 Å². The standard InChI is InChI=1S/C20H31N5O3.C2HF3O2/c1-13(2)17(24-18(26)14(3)21-4)20(28)25-11-7-9-16(25)19(27)23-12-15-8-5-6-10-22-15;3-2(4,5)1(6)7/h5-6,8,10,13-14,16-17,21H,7,9,11-12H2,1-4H3,(H,23,27)(H,24,26);(H,6,7)/t14-,16-,17-;/m0./s1. The molecule has 0 bridgehead atoms. The predicted molar refractivity (Wildman–Crippen MR) is 120 cm³/mol. The zero-order valence-electron chi connectivity index (χ0n) is 20.1. The second-order valence-electron chi connectivity index (χ2n) is 8.27. The number of amides is 3. The lowest BCUT2D eigenvalue weighted by Crippen LogP contribution is -2.57. The summed E-state index contributed by atoms with van der Waals surface area (Å²) in [6.45, 7) is 6.35. The first kappa shape index (κ1) is 29.8. The van der Waals surface area contributed by atoms with Gasteiger partial charge in [0.25, 0.3) is 0 Å². The maximum Gasteiger partial charge on any atom is 0.490 e. The molecule has 0 saturated carbocycles. The molecule has 1 aromatic rings. The molecule has 196 valence electrons. The van der Waals surface area contributed by atoms with Gasteiger partial charge in [0.05, 0.1) is 18.3 Å². The third-order valence-corrected chi connectivity index (χ3v) is 5.31. The number of hydrogen-bond acceptors (Lipinski definition) is 6. The number of carboxylic acid groups (broad SMARTS) is 1.